The molecule has 0 radical (unpaired) electrons. The average Bonchev–Trinajstić information content (AvgIpc) is 3.19. The molecule has 12 heteroatoms. The van der Waals surface area contributed by atoms with Gasteiger partial charge in [0.15, 0.2) is 0 Å². The van der Waals surface area contributed by atoms with E-state index in [1.165, 1.54) is 11.3 Å². The van der Waals surface area contributed by atoms with Crippen LogP contribution in [-0.4, -0.2) is 59.8 Å². The van der Waals surface area contributed by atoms with E-state index in [2.05, 4.69) is 15.2 Å². The smallest absolute Gasteiger partial charge is 0.223 e. The van der Waals surface area contributed by atoms with E-state index in [9.17, 15) is 9.59 Å². The van der Waals surface area contributed by atoms with Crippen molar-refractivity contribution in [3.05, 3.63) is 44.9 Å². The molecule has 182 valence electrons. The summed E-state index contributed by atoms with van der Waals surface area (Å²) < 4.78 is 6.69. The van der Waals surface area contributed by atoms with Crippen LogP contribution in [0.2, 0.25) is 10.0 Å². The van der Waals surface area contributed by atoms with Gasteiger partial charge in [-0.1, -0.05) is 41.0 Å². The van der Waals surface area contributed by atoms with Crippen molar-refractivity contribution in [2.45, 2.75) is 36.3 Å². The van der Waals surface area contributed by atoms with Crippen LogP contribution in [0.5, 0.6) is 0 Å². The Kier molecular flexibility index (Phi) is 12.3. The number of nitrogens with zero attached hydrogens (tertiary/aromatic N) is 2. The Balaban J connectivity index is 0.00000385. The molecule has 1 aromatic heterocycles. The van der Waals surface area contributed by atoms with E-state index >= 15 is 0 Å². The van der Waals surface area contributed by atoms with Crippen molar-refractivity contribution in [3.63, 3.8) is 0 Å². The molecule has 1 aromatic carbocycles. The molecule has 3 rings (SSSR count). The Labute approximate surface area is 218 Å². The normalized spacial score (nSPS) is 16.2. The lowest BCUT2D eigenvalue weighted by Crippen LogP contribution is -2.47. The number of benzene rings is 1. The van der Waals surface area contributed by atoms with Crippen LogP contribution in [0.15, 0.2) is 27.9 Å². The first kappa shape index (κ1) is 28.2. The second kappa shape index (κ2) is 14.4. The van der Waals surface area contributed by atoms with E-state index < -0.39 is 0 Å². The third-order valence-electron chi connectivity index (χ3n) is 4.80. The first-order chi connectivity index (χ1) is 15.4. The molecule has 1 atom stereocenters. The van der Waals surface area contributed by atoms with Crippen LogP contribution in [0.4, 0.5) is 0 Å². The largest absolute Gasteiger partial charge is 0.374 e. The zero-order valence-electron chi connectivity index (χ0n) is 17.9. The fourth-order valence-electron chi connectivity index (χ4n) is 3.27. The number of morpholine rings is 1. The summed E-state index contributed by atoms with van der Waals surface area (Å²) in [6, 6.07) is 5.67. The van der Waals surface area contributed by atoms with Crippen molar-refractivity contribution in [2.24, 2.45) is 5.73 Å². The molecule has 1 saturated heterocycles. The van der Waals surface area contributed by atoms with Crippen molar-refractivity contribution in [1.29, 1.82) is 0 Å². The fraction of sp³-hybridized carbons (Fsp3) is 0.476. The first-order valence-electron chi connectivity index (χ1n) is 10.3. The molecule has 33 heavy (non-hydrogen) atoms. The number of primary amides is 1. The highest BCUT2D eigenvalue weighted by molar-refractivity contribution is 8.01. The summed E-state index contributed by atoms with van der Waals surface area (Å²) in [6.07, 6.45) is 1.32. The first-order valence-corrected chi connectivity index (χ1v) is 12.9. The number of hydrogen-bond donors (Lipinski definition) is 2. The Morgan fingerprint density at radius 2 is 2.15 bits per heavy atom. The van der Waals surface area contributed by atoms with Crippen LogP contribution in [0.25, 0.3) is 0 Å². The number of carbonyl (C=O) groups excluding carboxylic acids is 2. The topological polar surface area (TPSA) is 97.5 Å². The van der Waals surface area contributed by atoms with Crippen molar-refractivity contribution >= 4 is 70.5 Å². The van der Waals surface area contributed by atoms with E-state index in [-0.39, 0.29) is 36.7 Å². The number of aromatic nitrogens is 1. The Bertz CT molecular complexity index is 932. The second-order valence-corrected chi connectivity index (χ2v) is 10.5. The van der Waals surface area contributed by atoms with Gasteiger partial charge in [-0.15, -0.1) is 23.7 Å². The minimum Gasteiger partial charge on any atom is -0.374 e. The molecule has 3 N–H and O–H groups in total. The quantitative estimate of drug-likeness (QED) is 0.325. The summed E-state index contributed by atoms with van der Waals surface area (Å²) >= 11 is 15.2. The molecule has 1 unspecified atom stereocenters. The lowest BCUT2D eigenvalue weighted by atomic mass is 10.2. The van der Waals surface area contributed by atoms with Crippen LogP contribution in [0.3, 0.4) is 0 Å². The molecule has 1 aliphatic rings. The number of nitrogens with two attached hydrogens (primary N) is 1. The van der Waals surface area contributed by atoms with E-state index in [4.69, 9.17) is 33.7 Å². The van der Waals surface area contributed by atoms with Crippen LogP contribution in [-0.2, 0) is 27.3 Å². The zero-order valence-corrected chi connectivity index (χ0v) is 21.9. The van der Waals surface area contributed by atoms with Gasteiger partial charge in [0.05, 0.1) is 34.9 Å². The van der Waals surface area contributed by atoms with Gasteiger partial charge in [-0.25, -0.2) is 4.98 Å². The van der Waals surface area contributed by atoms with Crippen molar-refractivity contribution in [3.8, 4) is 0 Å². The van der Waals surface area contributed by atoms with Gasteiger partial charge in [-0.2, -0.15) is 0 Å². The van der Waals surface area contributed by atoms with Crippen molar-refractivity contribution in [2.75, 3.05) is 32.0 Å². The minimum atomic E-state index is -0.386. The van der Waals surface area contributed by atoms with Crippen LogP contribution in [0, 0.1) is 0 Å². The molecular formula is C21H27Cl3N4O3S2. The molecule has 7 nitrogen and oxygen atoms in total. The zero-order chi connectivity index (χ0) is 22.9. The maximum Gasteiger partial charge on any atom is 0.223 e. The van der Waals surface area contributed by atoms with E-state index in [1.807, 2.05) is 23.6 Å². The third kappa shape index (κ3) is 9.98. The number of thioether (sulfide) groups is 1. The maximum absolute atomic E-state index is 12.2. The van der Waals surface area contributed by atoms with Gasteiger partial charge < -0.3 is 15.8 Å². The summed E-state index contributed by atoms with van der Waals surface area (Å²) in [4.78, 5) is 29.8. The monoisotopic (exact) mass is 552 g/mol. The minimum absolute atomic E-state index is 0. The highest BCUT2D eigenvalue weighted by Crippen LogP contribution is 2.24. The number of halogens is 3. The molecule has 0 bridgehead atoms. The predicted octanol–water partition coefficient (Wildman–Crippen LogP) is 3.79. The van der Waals surface area contributed by atoms with Crippen molar-refractivity contribution in [1.82, 2.24) is 15.2 Å². The standard InChI is InChI=1S/C21H26Cl2N4O3S2.ClH/c22-17-4-3-14(8-18(17)23)11-27-5-6-30-16(12-27)10-25-20(29)2-1-7-31-21-26-15(13-32-21)9-19(24)28;/h3-4,8,13,16H,1-2,5-7,9-12H2,(H2,24,28)(H,25,29);1H. The Morgan fingerprint density at radius 1 is 1.33 bits per heavy atom. The molecule has 1 aliphatic heterocycles. The maximum atomic E-state index is 12.2. The number of ether oxygens (including phenoxy) is 1. The van der Waals surface area contributed by atoms with Gasteiger partial charge in [0.2, 0.25) is 11.8 Å². The molecule has 0 spiro atoms. The number of thiazole rings is 1. The summed E-state index contributed by atoms with van der Waals surface area (Å²) in [6.45, 7) is 3.46. The summed E-state index contributed by atoms with van der Waals surface area (Å²) in [5, 5.41) is 5.92. The summed E-state index contributed by atoms with van der Waals surface area (Å²) in [7, 11) is 0. The SMILES string of the molecule is Cl.NC(=O)Cc1csc(SCCCC(=O)NCC2CN(Cc3ccc(Cl)c(Cl)c3)CCO2)n1. The van der Waals surface area contributed by atoms with Gasteiger partial charge in [0.1, 0.15) is 4.34 Å². The number of nitrogens with one attached hydrogen (secondary N) is 1. The lowest BCUT2D eigenvalue weighted by molar-refractivity contribution is -0.122. The summed E-state index contributed by atoms with van der Waals surface area (Å²) in [5.41, 5.74) is 6.98. The second-order valence-electron chi connectivity index (χ2n) is 7.48. The van der Waals surface area contributed by atoms with Gasteiger partial charge in [-0.3, -0.25) is 14.5 Å². The number of rotatable bonds is 11. The summed E-state index contributed by atoms with van der Waals surface area (Å²) in [5.74, 6) is 0.418. The Hall–Kier alpha value is -1.07. The molecule has 2 heterocycles. The molecule has 0 aliphatic carbocycles. The van der Waals surface area contributed by atoms with Gasteiger partial charge in [-0.05, 0) is 24.1 Å². The number of carbonyl (C=O) groups is 2. The van der Waals surface area contributed by atoms with Gasteiger partial charge in [0, 0.05) is 43.7 Å². The molecule has 2 amide bonds. The third-order valence-corrected chi connectivity index (χ3v) is 7.69. The van der Waals surface area contributed by atoms with Gasteiger partial charge in [0.25, 0.3) is 0 Å². The van der Waals surface area contributed by atoms with Gasteiger partial charge >= 0.3 is 0 Å². The van der Waals surface area contributed by atoms with Crippen LogP contribution < -0.4 is 11.1 Å². The molecule has 2 aromatic rings. The predicted molar refractivity (Wildman–Crippen MR) is 137 cm³/mol. The highest BCUT2D eigenvalue weighted by atomic mass is 35.5. The van der Waals surface area contributed by atoms with E-state index in [0.29, 0.717) is 35.3 Å². The van der Waals surface area contributed by atoms with Crippen LogP contribution in [0.1, 0.15) is 24.1 Å². The van der Waals surface area contributed by atoms with Crippen LogP contribution >= 0.6 is 58.7 Å². The molecular weight excluding hydrogens is 527 g/mol. The number of amides is 2. The average molecular weight is 554 g/mol. The van der Waals surface area contributed by atoms with Crippen molar-refractivity contribution < 1.29 is 14.3 Å². The highest BCUT2D eigenvalue weighted by Gasteiger charge is 2.21. The lowest BCUT2D eigenvalue weighted by Gasteiger charge is -2.33. The number of hydrogen-bond acceptors (Lipinski definition) is 7. The molecule has 1 fully saturated rings. The van der Waals surface area contributed by atoms with E-state index in [1.54, 1.807) is 11.8 Å². The molecule has 0 saturated carbocycles. The fourth-order valence-corrected chi connectivity index (χ4v) is 5.44. The Morgan fingerprint density at radius 3 is 2.91 bits per heavy atom. The van der Waals surface area contributed by atoms with E-state index in [0.717, 1.165) is 41.7 Å².